The number of nitrogens with zero attached hydrogens (tertiary/aromatic N) is 2. The minimum Gasteiger partial charge on any atom is -0.329 e. The topological polar surface area (TPSA) is 85.5 Å². The van der Waals surface area contributed by atoms with E-state index in [1.54, 1.807) is 0 Å². The van der Waals surface area contributed by atoms with Crippen LogP contribution in [0.15, 0.2) is 12.3 Å². The predicted octanol–water partition coefficient (Wildman–Crippen LogP) is 2.62. The normalized spacial score (nSPS) is 13.3. The van der Waals surface area contributed by atoms with Crippen molar-refractivity contribution in [3.8, 4) is 0 Å². The van der Waals surface area contributed by atoms with Crippen molar-refractivity contribution in [2.45, 2.75) is 25.3 Å². The van der Waals surface area contributed by atoms with Crippen molar-refractivity contribution in [2.24, 2.45) is 5.73 Å². The molecule has 0 aromatic carbocycles. The fourth-order valence-corrected chi connectivity index (χ4v) is 1.95. The molecule has 0 aliphatic heterocycles. The Balaban J connectivity index is 3.25. The second kappa shape index (κ2) is 7.44. The molecule has 1 heterocycles. The summed E-state index contributed by atoms with van der Waals surface area (Å²) >= 11 is 5.67. The molecule has 6 nitrogen and oxygen atoms in total. The number of nitrogens with two attached hydrogens (primary N) is 1. The zero-order chi connectivity index (χ0) is 19.6. The molecule has 13 heteroatoms. The van der Waals surface area contributed by atoms with E-state index in [1.807, 2.05) is 0 Å². The molecule has 0 spiro atoms. The summed E-state index contributed by atoms with van der Waals surface area (Å²) in [4.78, 5) is 29.8. The number of amides is 1. The first kappa shape index (κ1) is 21.0. The zero-order valence-corrected chi connectivity index (χ0v) is 13.0. The predicted molar refractivity (Wildman–Crippen MR) is 70.7 cm³/mol. The lowest BCUT2D eigenvalue weighted by atomic mass is 10.1. The van der Waals surface area contributed by atoms with Crippen LogP contribution in [0.1, 0.15) is 24.2 Å². The van der Waals surface area contributed by atoms with Gasteiger partial charge < -0.3 is 10.6 Å². The number of rotatable bonds is 3. The maximum Gasteiger partial charge on any atom is 0.493 e. The average molecular weight is 394 g/mol. The summed E-state index contributed by atoms with van der Waals surface area (Å²) in [5.74, 6) is -3.89. The van der Waals surface area contributed by atoms with E-state index in [1.165, 1.54) is 0 Å². The fourth-order valence-electron chi connectivity index (χ4n) is 1.66. The molecule has 2 N–H and O–H groups in total. The molecular formula is C12H10ClF6N3O3. The lowest BCUT2D eigenvalue weighted by Crippen LogP contribution is -2.42. The molecule has 0 bridgehead atoms. The monoisotopic (exact) mass is 393 g/mol. The Kier molecular flexibility index (Phi) is 6.23. The first-order valence-electron chi connectivity index (χ1n) is 6.30. The highest BCUT2D eigenvalue weighted by Gasteiger charge is 2.44. The summed E-state index contributed by atoms with van der Waals surface area (Å²) in [5, 5.41) is -0.670. The number of hydroxylamine groups is 2. The van der Waals surface area contributed by atoms with Gasteiger partial charge in [0.1, 0.15) is 6.04 Å². The van der Waals surface area contributed by atoms with Gasteiger partial charge in [0.05, 0.1) is 16.3 Å². The molecule has 0 radical (unpaired) electrons. The Morgan fingerprint density at radius 3 is 2.24 bits per heavy atom. The number of hydrogen-bond donors (Lipinski definition) is 1. The number of pyridine rings is 1. The molecule has 1 amide bonds. The second-order valence-electron chi connectivity index (χ2n) is 4.56. The van der Waals surface area contributed by atoms with Crippen LogP contribution < -0.4 is 5.73 Å². The first-order chi connectivity index (χ1) is 11.3. The molecule has 1 aromatic rings. The van der Waals surface area contributed by atoms with Gasteiger partial charge >= 0.3 is 18.3 Å². The lowest BCUT2D eigenvalue weighted by Gasteiger charge is -2.28. The number of aromatic nitrogens is 1. The smallest absolute Gasteiger partial charge is 0.329 e. The SMILES string of the molecule is CC(=O)N(OC(=O)C(F)(F)F)C(CN)c1ncc(C(F)(F)F)cc1Cl. The number of carbonyl (C=O) groups excluding carboxylic acids is 2. The van der Waals surface area contributed by atoms with Crippen LogP contribution in [0.4, 0.5) is 26.3 Å². The number of alkyl halides is 6. The summed E-state index contributed by atoms with van der Waals surface area (Å²) in [6.45, 7) is 0.118. The van der Waals surface area contributed by atoms with Gasteiger partial charge in [-0.05, 0) is 6.07 Å². The minimum absolute atomic E-state index is 0.0443. The van der Waals surface area contributed by atoms with E-state index in [4.69, 9.17) is 17.3 Å². The highest BCUT2D eigenvalue weighted by atomic mass is 35.5. The fraction of sp³-hybridized carbons (Fsp3) is 0.417. The third-order valence-electron chi connectivity index (χ3n) is 2.74. The van der Waals surface area contributed by atoms with Gasteiger partial charge in [0.15, 0.2) is 0 Å². The number of halogens is 7. The van der Waals surface area contributed by atoms with E-state index in [9.17, 15) is 35.9 Å². The Bertz CT molecular complexity index is 664. The van der Waals surface area contributed by atoms with E-state index >= 15 is 0 Å². The maximum atomic E-state index is 12.6. The number of hydrogen-bond acceptors (Lipinski definition) is 5. The first-order valence-corrected chi connectivity index (χ1v) is 6.68. The Hall–Kier alpha value is -2.08. The highest BCUT2D eigenvalue weighted by Crippen LogP contribution is 2.34. The summed E-state index contributed by atoms with van der Waals surface area (Å²) in [6.07, 6.45) is -9.83. The van der Waals surface area contributed by atoms with Gasteiger partial charge in [0, 0.05) is 19.7 Å². The van der Waals surface area contributed by atoms with Crippen molar-refractivity contribution >= 4 is 23.5 Å². The summed E-state index contributed by atoms with van der Waals surface area (Å²) in [5.41, 5.74) is 3.64. The molecule has 0 aliphatic carbocycles. The van der Waals surface area contributed by atoms with Crippen LogP contribution in [0.3, 0.4) is 0 Å². The van der Waals surface area contributed by atoms with Gasteiger partial charge in [-0.2, -0.15) is 31.4 Å². The second-order valence-corrected chi connectivity index (χ2v) is 4.97. The van der Waals surface area contributed by atoms with Crippen LogP contribution in [0.2, 0.25) is 5.02 Å². The molecule has 0 saturated heterocycles. The molecule has 1 atom stereocenters. The van der Waals surface area contributed by atoms with Crippen LogP contribution in [-0.4, -0.2) is 34.6 Å². The van der Waals surface area contributed by atoms with Crippen molar-refractivity contribution < 1.29 is 40.8 Å². The van der Waals surface area contributed by atoms with E-state index in [2.05, 4.69) is 9.82 Å². The highest BCUT2D eigenvalue weighted by molar-refractivity contribution is 6.31. The van der Waals surface area contributed by atoms with Crippen LogP contribution in [0, 0.1) is 0 Å². The number of carbonyl (C=O) groups is 2. The van der Waals surface area contributed by atoms with Gasteiger partial charge in [-0.3, -0.25) is 9.78 Å². The quantitative estimate of drug-likeness (QED) is 0.630. The van der Waals surface area contributed by atoms with Crippen molar-refractivity contribution in [1.29, 1.82) is 0 Å². The van der Waals surface area contributed by atoms with Gasteiger partial charge in [-0.15, -0.1) is 0 Å². The maximum absolute atomic E-state index is 12.6. The Labute approximate surface area is 141 Å². The van der Waals surface area contributed by atoms with Crippen LogP contribution in [0.5, 0.6) is 0 Å². The summed E-state index contributed by atoms with van der Waals surface area (Å²) < 4.78 is 74.7. The van der Waals surface area contributed by atoms with E-state index < -0.39 is 53.1 Å². The summed E-state index contributed by atoms with van der Waals surface area (Å²) in [6, 6.07) is -1.17. The lowest BCUT2D eigenvalue weighted by molar-refractivity contribution is -0.243. The third-order valence-corrected chi connectivity index (χ3v) is 3.04. The van der Waals surface area contributed by atoms with Crippen molar-refractivity contribution in [2.75, 3.05) is 6.54 Å². The standard InChI is InChI=1S/C12H10ClF6N3O3/c1-5(23)22(25-10(24)12(17,18)19)8(3-20)9-7(13)2-6(4-21-9)11(14,15)16/h2,4,8H,3,20H2,1H3. The van der Waals surface area contributed by atoms with Crippen LogP contribution >= 0.6 is 11.6 Å². The third kappa shape index (κ3) is 5.19. The van der Waals surface area contributed by atoms with E-state index in [0.717, 1.165) is 6.92 Å². The average Bonchev–Trinajstić information content (AvgIpc) is 2.45. The molecule has 140 valence electrons. The minimum atomic E-state index is -5.41. The van der Waals surface area contributed by atoms with E-state index in [0.29, 0.717) is 12.3 Å². The zero-order valence-electron chi connectivity index (χ0n) is 12.3. The van der Waals surface area contributed by atoms with Crippen LogP contribution in [0.25, 0.3) is 0 Å². The van der Waals surface area contributed by atoms with Crippen molar-refractivity contribution in [1.82, 2.24) is 10.0 Å². The molecule has 25 heavy (non-hydrogen) atoms. The van der Waals surface area contributed by atoms with Gasteiger partial charge in [0.2, 0.25) is 0 Å². The van der Waals surface area contributed by atoms with Crippen LogP contribution in [-0.2, 0) is 20.6 Å². The van der Waals surface area contributed by atoms with Crippen molar-refractivity contribution in [3.63, 3.8) is 0 Å². The molecule has 1 aromatic heterocycles. The van der Waals surface area contributed by atoms with Gasteiger partial charge in [-0.1, -0.05) is 11.6 Å². The Morgan fingerprint density at radius 1 is 1.32 bits per heavy atom. The van der Waals surface area contributed by atoms with Gasteiger partial charge in [0.25, 0.3) is 5.91 Å². The summed E-state index contributed by atoms with van der Waals surface area (Å²) in [7, 11) is 0. The van der Waals surface area contributed by atoms with Crippen molar-refractivity contribution in [3.05, 3.63) is 28.5 Å². The Morgan fingerprint density at radius 2 is 1.88 bits per heavy atom. The largest absolute Gasteiger partial charge is 0.493 e. The molecule has 0 aliphatic rings. The molecule has 0 saturated carbocycles. The van der Waals surface area contributed by atoms with E-state index in [-0.39, 0.29) is 5.06 Å². The molecule has 1 rings (SSSR count). The van der Waals surface area contributed by atoms with Gasteiger partial charge in [-0.25, -0.2) is 4.79 Å². The molecule has 0 fully saturated rings. The molecular weight excluding hydrogens is 384 g/mol. The molecule has 1 unspecified atom stereocenters.